The van der Waals surface area contributed by atoms with E-state index in [4.69, 9.17) is 0 Å². The Kier molecular flexibility index (Phi) is 4.95. The van der Waals surface area contributed by atoms with E-state index in [1.807, 2.05) is 6.07 Å². The molecule has 161 valence electrons. The van der Waals surface area contributed by atoms with Crippen molar-refractivity contribution < 1.29 is 9.59 Å². The first-order valence-electron chi connectivity index (χ1n) is 12.1. The fraction of sp³-hybridized carbons (Fsp3) is 0.571. The number of fused-ring (bicyclic) bond motifs is 2. The summed E-state index contributed by atoms with van der Waals surface area (Å²) in [7, 11) is 2.34. The van der Waals surface area contributed by atoms with Crippen LogP contribution >= 0.6 is 0 Å². The molecule has 3 heteroatoms. The van der Waals surface area contributed by atoms with E-state index in [1.165, 1.54) is 41.4 Å². The first-order chi connectivity index (χ1) is 14.7. The molecule has 1 aromatic rings. The van der Waals surface area contributed by atoms with Gasteiger partial charge in [0.2, 0.25) is 11.6 Å². The Labute approximate surface area is 187 Å². The minimum Gasteiger partial charge on any atom is -0.290 e. The third-order valence-electron chi connectivity index (χ3n) is 8.26. The van der Waals surface area contributed by atoms with Crippen LogP contribution in [0.3, 0.4) is 0 Å². The molecule has 6 rings (SSSR count). The van der Waals surface area contributed by atoms with Crippen molar-refractivity contribution in [1.82, 2.24) is 0 Å². The Balaban J connectivity index is 1.43. The van der Waals surface area contributed by atoms with Crippen molar-refractivity contribution in [3.63, 3.8) is 0 Å². The van der Waals surface area contributed by atoms with Crippen LogP contribution in [0, 0.1) is 29.1 Å². The molecule has 0 spiro atoms. The lowest BCUT2D eigenvalue weighted by atomic mass is 9.45. The molecule has 4 atom stereocenters. The first-order valence-corrected chi connectivity index (χ1v) is 12.1. The standard InChI is InChI=1S/C28H34BO2/c1-27(2,16-28(3,4)29-19-8-6-5-7-9-19)23-15-22-20-12-10-17-14-18(17)11-13-21(20)24(23)26(31)25(22)30/h5-9,15,17-18,22,24H,10-14,16H2,1-4H3/t17-,18+,22?,24?/m0/s1. The summed E-state index contributed by atoms with van der Waals surface area (Å²) in [5, 5.41) is -0.0190. The van der Waals surface area contributed by atoms with Crippen LogP contribution in [-0.2, 0) is 9.59 Å². The Morgan fingerprint density at radius 3 is 2.23 bits per heavy atom. The summed E-state index contributed by atoms with van der Waals surface area (Å²) in [6.45, 7) is 9.12. The van der Waals surface area contributed by atoms with Crippen molar-refractivity contribution >= 4 is 24.3 Å². The van der Waals surface area contributed by atoms with Gasteiger partial charge in [-0.3, -0.25) is 9.59 Å². The molecule has 0 amide bonds. The number of rotatable bonds is 5. The summed E-state index contributed by atoms with van der Waals surface area (Å²) < 4.78 is 0. The van der Waals surface area contributed by atoms with Crippen LogP contribution in [0.4, 0.5) is 0 Å². The number of allylic oxidation sites excluding steroid dienone is 4. The van der Waals surface area contributed by atoms with Gasteiger partial charge in [-0.15, -0.1) is 0 Å². The number of carbonyl (C=O) groups is 2. The van der Waals surface area contributed by atoms with Gasteiger partial charge in [0.1, 0.15) is 0 Å². The minimum atomic E-state index is -0.287. The number of carbonyl (C=O) groups excluding carboxylic acids is 2. The minimum absolute atomic E-state index is 0.0190. The van der Waals surface area contributed by atoms with Gasteiger partial charge < -0.3 is 0 Å². The Morgan fingerprint density at radius 2 is 1.55 bits per heavy atom. The number of ketones is 2. The zero-order valence-corrected chi connectivity index (χ0v) is 19.4. The summed E-state index contributed by atoms with van der Waals surface area (Å²) in [6, 6.07) is 10.5. The van der Waals surface area contributed by atoms with Crippen molar-refractivity contribution in [2.75, 3.05) is 0 Å². The van der Waals surface area contributed by atoms with Gasteiger partial charge in [-0.1, -0.05) is 91.6 Å². The molecule has 1 saturated carbocycles. The molecule has 5 aliphatic rings. The van der Waals surface area contributed by atoms with E-state index >= 15 is 0 Å². The highest BCUT2D eigenvalue weighted by Gasteiger charge is 2.52. The molecule has 2 unspecified atom stereocenters. The largest absolute Gasteiger partial charge is 0.290 e. The van der Waals surface area contributed by atoms with E-state index in [9.17, 15) is 9.59 Å². The van der Waals surface area contributed by atoms with Crippen LogP contribution in [0.15, 0.2) is 53.1 Å². The summed E-state index contributed by atoms with van der Waals surface area (Å²) in [4.78, 5) is 26.1. The average molecular weight is 413 g/mol. The molecule has 2 nitrogen and oxygen atoms in total. The molecule has 5 aliphatic carbocycles. The van der Waals surface area contributed by atoms with Crippen LogP contribution in [0.5, 0.6) is 0 Å². The summed E-state index contributed by atoms with van der Waals surface area (Å²) >= 11 is 0. The van der Waals surface area contributed by atoms with Crippen molar-refractivity contribution in [3.05, 3.63) is 53.1 Å². The van der Waals surface area contributed by atoms with Crippen LogP contribution < -0.4 is 5.46 Å². The Morgan fingerprint density at radius 1 is 0.903 bits per heavy atom. The third kappa shape index (κ3) is 3.79. The smallest absolute Gasteiger partial charge is 0.210 e. The average Bonchev–Trinajstić information content (AvgIpc) is 3.42. The molecule has 0 aromatic heterocycles. The number of hydrogen-bond acceptors (Lipinski definition) is 2. The van der Waals surface area contributed by atoms with Crippen molar-refractivity contribution in [1.29, 1.82) is 0 Å². The normalized spacial score (nSPS) is 30.3. The topological polar surface area (TPSA) is 34.1 Å². The molecular weight excluding hydrogens is 379 g/mol. The second-order valence-corrected chi connectivity index (χ2v) is 11.7. The van der Waals surface area contributed by atoms with Gasteiger partial charge in [0.15, 0.2) is 7.28 Å². The van der Waals surface area contributed by atoms with Gasteiger partial charge in [-0.2, -0.15) is 0 Å². The second kappa shape index (κ2) is 7.32. The number of hydrogen-bond donors (Lipinski definition) is 0. The number of Topliss-reactive ketones (excluding diaryl/α,β-unsaturated/α-hetero) is 2. The van der Waals surface area contributed by atoms with E-state index < -0.39 is 0 Å². The highest BCUT2D eigenvalue weighted by molar-refractivity contribution is 6.56. The van der Waals surface area contributed by atoms with Crippen LogP contribution in [0.2, 0.25) is 5.31 Å². The Bertz CT molecular complexity index is 982. The Hall–Kier alpha value is -1.90. The highest BCUT2D eigenvalue weighted by Crippen LogP contribution is 2.57. The van der Waals surface area contributed by atoms with Gasteiger partial charge in [0, 0.05) is 0 Å². The molecular formula is C28H34BO2. The van der Waals surface area contributed by atoms with E-state index in [0.29, 0.717) is 0 Å². The van der Waals surface area contributed by atoms with Gasteiger partial charge in [-0.25, -0.2) is 0 Å². The lowest BCUT2D eigenvalue weighted by molar-refractivity contribution is -0.140. The molecule has 1 radical (unpaired) electrons. The lowest BCUT2D eigenvalue weighted by Gasteiger charge is -2.46. The highest BCUT2D eigenvalue weighted by atomic mass is 16.2. The van der Waals surface area contributed by atoms with Crippen molar-refractivity contribution in [2.24, 2.45) is 29.1 Å². The molecule has 31 heavy (non-hydrogen) atoms. The fourth-order valence-electron chi connectivity index (χ4n) is 7.01. The first kappa shape index (κ1) is 21.0. The predicted molar refractivity (Wildman–Crippen MR) is 126 cm³/mol. The fourth-order valence-corrected chi connectivity index (χ4v) is 7.01. The molecule has 0 N–H and O–H groups in total. The van der Waals surface area contributed by atoms with Gasteiger partial charge >= 0.3 is 0 Å². The third-order valence-corrected chi connectivity index (χ3v) is 8.26. The zero-order chi connectivity index (χ0) is 22.0. The van der Waals surface area contributed by atoms with Gasteiger partial charge in [-0.05, 0) is 55.8 Å². The summed E-state index contributed by atoms with van der Waals surface area (Å²) in [5.41, 5.74) is 4.95. The van der Waals surface area contributed by atoms with Gasteiger partial charge in [0.25, 0.3) is 0 Å². The summed E-state index contributed by atoms with van der Waals surface area (Å²) in [6.07, 6.45) is 8.95. The van der Waals surface area contributed by atoms with E-state index in [1.54, 1.807) is 0 Å². The summed E-state index contributed by atoms with van der Waals surface area (Å²) in [5.74, 6) is 0.886. The SMILES string of the molecule is CC(C)([B]c1ccccc1)CC(C)(C)C1=CC2C(=O)C(=O)C1C1=C2CC[C@H]2C[C@H]2CC1. The van der Waals surface area contributed by atoms with E-state index in [-0.39, 0.29) is 34.1 Å². The van der Waals surface area contributed by atoms with Gasteiger partial charge in [0.05, 0.1) is 11.8 Å². The van der Waals surface area contributed by atoms with Crippen molar-refractivity contribution in [2.45, 2.75) is 71.5 Å². The molecule has 1 aromatic carbocycles. The zero-order valence-electron chi connectivity index (χ0n) is 19.4. The lowest BCUT2D eigenvalue weighted by Crippen LogP contribution is -2.46. The van der Waals surface area contributed by atoms with Crippen LogP contribution in [0.1, 0.15) is 66.2 Å². The molecule has 0 aliphatic heterocycles. The molecule has 1 fully saturated rings. The van der Waals surface area contributed by atoms with Crippen molar-refractivity contribution in [3.8, 4) is 0 Å². The molecule has 2 bridgehead atoms. The van der Waals surface area contributed by atoms with Crippen LogP contribution in [-0.4, -0.2) is 18.8 Å². The van der Waals surface area contributed by atoms with E-state index in [2.05, 4.69) is 65.3 Å². The van der Waals surface area contributed by atoms with E-state index in [0.717, 1.165) is 31.1 Å². The quantitative estimate of drug-likeness (QED) is 0.365. The van der Waals surface area contributed by atoms with Crippen LogP contribution in [0.25, 0.3) is 0 Å². The molecule has 0 saturated heterocycles. The predicted octanol–water partition coefficient (Wildman–Crippen LogP) is 5.46. The monoisotopic (exact) mass is 413 g/mol. The number of benzene rings is 1. The maximum atomic E-state index is 13.2. The molecule has 0 heterocycles. The second-order valence-electron chi connectivity index (χ2n) is 11.7. The maximum absolute atomic E-state index is 13.2. The maximum Gasteiger partial charge on any atom is 0.210 e.